The van der Waals surface area contributed by atoms with E-state index in [1.807, 2.05) is 36.4 Å². The van der Waals surface area contributed by atoms with Gasteiger partial charge in [0.15, 0.2) is 0 Å². The number of aryl methyl sites for hydroxylation is 1. The lowest BCUT2D eigenvalue weighted by Crippen LogP contribution is -2.41. The highest BCUT2D eigenvalue weighted by atomic mass is 35.5. The largest absolute Gasteiger partial charge is 0.356 e. The summed E-state index contributed by atoms with van der Waals surface area (Å²) in [6.07, 6.45) is 3.26. The van der Waals surface area contributed by atoms with Crippen LogP contribution in [0.15, 0.2) is 66.9 Å². The number of carbonyl (C=O) groups is 1. The molecule has 31 heavy (non-hydrogen) atoms. The summed E-state index contributed by atoms with van der Waals surface area (Å²) in [5.41, 5.74) is 4.13. The molecular formula is C25H21ClFN3O. The van der Waals surface area contributed by atoms with Gasteiger partial charge in [-0.05, 0) is 48.7 Å². The monoisotopic (exact) mass is 433 g/mol. The van der Waals surface area contributed by atoms with Gasteiger partial charge in [0.25, 0.3) is 0 Å². The second-order valence-electron chi connectivity index (χ2n) is 7.76. The second kappa shape index (κ2) is 8.16. The molecular weight excluding hydrogens is 413 g/mol. The number of amides is 1. The van der Waals surface area contributed by atoms with Crippen molar-refractivity contribution in [2.45, 2.75) is 25.3 Å². The summed E-state index contributed by atoms with van der Waals surface area (Å²) in [6, 6.07) is 17.7. The number of aromatic amines is 1. The van der Waals surface area contributed by atoms with Crippen LogP contribution in [0.25, 0.3) is 10.9 Å². The number of benzene rings is 2. The van der Waals surface area contributed by atoms with Crippen molar-refractivity contribution in [2.75, 3.05) is 6.54 Å². The fourth-order valence-electron chi connectivity index (χ4n) is 4.51. The molecule has 2 aromatic heterocycles. The van der Waals surface area contributed by atoms with Gasteiger partial charge in [-0.15, -0.1) is 0 Å². The maximum Gasteiger partial charge on any atom is 0.223 e. The number of rotatable bonds is 4. The number of nitrogens with zero attached hydrogens (tertiary/aromatic N) is 2. The molecule has 0 aliphatic carbocycles. The molecule has 2 aromatic carbocycles. The van der Waals surface area contributed by atoms with Gasteiger partial charge in [-0.3, -0.25) is 9.78 Å². The molecule has 0 saturated heterocycles. The fraction of sp³-hybridized carbons (Fsp3) is 0.200. The molecule has 4 aromatic rings. The Balaban J connectivity index is 1.57. The molecule has 1 N–H and O–H groups in total. The van der Waals surface area contributed by atoms with Gasteiger partial charge in [-0.25, -0.2) is 4.39 Å². The first-order chi connectivity index (χ1) is 15.1. The van der Waals surface area contributed by atoms with Crippen LogP contribution in [0.4, 0.5) is 4.39 Å². The molecule has 1 aliphatic rings. The molecule has 4 nitrogen and oxygen atoms in total. The van der Waals surface area contributed by atoms with E-state index in [1.54, 1.807) is 23.2 Å². The van der Waals surface area contributed by atoms with Crippen molar-refractivity contribution in [2.24, 2.45) is 0 Å². The number of hydrogen-bond donors (Lipinski definition) is 1. The van der Waals surface area contributed by atoms with E-state index in [0.717, 1.165) is 27.9 Å². The van der Waals surface area contributed by atoms with Crippen LogP contribution in [0.3, 0.4) is 0 Å². The SMILES string of the molecule is O=C(CCc1ccccn1)N1CCc2c([nH]c3ccccc23)[C@@H]1c1c(F)cccc1Cl. The maximum atomic E-state index is 15.0. The van der Waals surface area contributed by atoms with Gasteiger partial charge in [0.05, 0.1) is 0 Å². The predicted molar refractivity (Wildman–Crippen MR) is 120 cm³/mol. The van der Waals surface area contributed by atoms with Crippen LogP contribution in [-0.2, 0) is 17.6 Å². The van der Waals surface area contributed by atoms with Gasteiger partial charge in [-0.2, -0.15) is 0 Å². The number of aromatic nitrogens is 2. The van der Waals surface area contributed by atoms with E-state index >= 15 is 4.39 Å². The van der Waals surface area contributed by atoms with Crippen molar-refractivity contribution in [1.29, 1.82) is 0 Å². The number of halogens is 2. The highest BCUT2D eigenvalue weighted by Gasteiger charge is 2.36. The Bertz CT molecular complexity index is 1230. The average Bonchev–Trinajstić information content (AvgIpc) is 3.17. The summed E-state index contributed by atoms with van der Waals surface area (Å²) >= 11 is 6.47. The van der Waals surface area contributed by atoms with Crippen molar-refractivity contribution in [3.63, 3.8) is 0 Å². The molecule has 0 bridgehead atoms. The number of hydrogen-bond acceptors (Lipinski definition) is 2. The van der Waals surface area contributed by atoms with Gasteiger partial charge in [0, 0.05) is 52.0 Å². The molecule has 0 fully saturated rings. The summed E-state index contributed by atoms with van der Waals surface area (Å²) < 4.78 is 15.0. The van der Waals surface area contributed by atoms with Crippen LogP contribution < -0.4 is 0 Å². The lowest BCUT2D eigenvalue weighted by molar-refractivity contribution is -0.133. The Morgan fingerprint density at radius 1 is 1.13 bits per heavy atom. The van der Waals surface area contributed by atoms with Gasteiger partial charge in [0.1, 0.15) is 11.9 Å². The smallest absolute Gasteiger partial charge is 0.223 e. The third kappa shape index (κ3) is 3.59. The van der Waals surface area contributed by atoms with Crippen molar-refractivity contribution in [3.05, 3.63) is 100 Å². The minimum absolute atomic E-state index is 0.0423. The second-order valence-corrected chi connectivity index (χ2v) is 8.17. The molecule has 1 aliphatic heterocycles. The van der Waals surface area contributed by atoms with Crippen LogP contribution in [0.5, 0.6) is 0 Å². The molecule has 1 amide bonds. The van der Waals surface area contributed by atoms with Crippen molar-refractivity contribution in [3.8, 4) is 0 Å². The third-order valence-corrected chi connectivity index (χ3v) is 6.28. The van der Waals surface area contributed by atoms with Gasteiger partial charge < -0.3 is 9.88 Å². The quantitative estimate of drug-likeness (QED) is 0.464. The van der Waals surface area contributed by atoms with E-state index in [4.69, 9.17) is 11.6 Å². The first kappa shape index (κ1) is 19.8. The zero-order valence-corrected chi connectivity index (χ0v) is 17.6. The number of para-hydroxylation sites is 1. The minimum Gasteiger partial charge on any atom is -0.356 e. The first-order valence-corrected chi connectivity index (χ1v) is 10.7. The summed E-state index contributed by atoms with van der Waals surface area (Å²) in [5, 5.41) is 1.43. The number of pyridine rings is 1. The highest BCUT2D eigenvalue weighted by Crippen LogP contribution is 2.41. The van der Waals surface area contributed by atoms with Gasteiger partial charge in [-0.1, -0.05) is 41.9 Å². The predicted octanol–water partition coefficient (Wildman–Crippen LogP) is 5.46. The van der Waals surface area contributed by atoms with Crippen molar-refractivity contribution >= 4 is 28.4 Å². The minimum atomic E-state index is -0.596. The average molecular weight is 434 g/mol. The summed E-state index contributed by atoms with van der Waals surface area (Å²) in [6.45, 7) is 0.505. The van der Waals surface area contributed by atoms with E-state index in [0.29, 0.717) is 36.4 Å². The standard InChI is InChI=1S/C25H21ClFN3O/c26-19-8-5-9-20(27)23(19)25-24-18(17-7-1-2-10-21(17)29-24)13-15-30(25)22(31)12-11-16-6-3-4-14-28-16/h1-10,14,25,29H,11-13,15H2/t25-/m0/s1. The summed E-state index contributed by atoms with van der Waals surface area (Å²) in [7, 11) is 0. The molecule has 6 heteroatoms. The fourth-order valence-corrected chi connectivity index (χ4v) is 4.77. The Hall–Kier alpha value is -3.18. The van der Waals surface area contributed by atoms with Gasteiger partial charge >= 0.3 is 0 Å². The van der Waals surface area contributed by atoms with Crippen LogP contribution in [0.1, 0.15) is 35.0 Å². The molecule has 3 heterocycles. The van der Waals surface area contributed by atoms with Gasteiger partial charge in [0.2, 0.25) is 5.91 Å². The molecule has 156 valence electrons. The number of carbonyl (C=O) groups excluding carboxylic acids is 1. The third-order valence-electron chi connectivity index (χ3n) is 5.95. The summed E-state index contributed by atoms with van der Waals surface area (Å²) in [4.78, 5) is 22.8. The molecule has 0 spiro atoms. The van der Waals surface area contributed by atoms with E-state index in [2.05, 4.69) is 16.0 Å². The van der Waals surface area contributed by atoms with E-state index in [9.17, 15) is 4.79 Å². The van der Waals surface area contributed by atoms with E-state index in [1.165, 1.54) is 6.07 Å². The van der Waals surface area contributed by atoms with Crippen LogP contribution in [0.2, 0.25) is 5.02 Å². The number of fused-ring (bicyclic) bond motifs is 3. The van der Waals surface area contributed by atoms with E-state index < -0.39 is 11.9 Å². The normalized spacial score (nSPS) is 15.8. The number of nitrogens with one attached hydrogen (secondary N) is 1. The van der Waals surface area contributed by atoms with Crippen molar-refractivity contribution in [1.82, 2.24) is 14.9 Å². The Labute approximate surface area is 184 Å². The molecule has 0 saturated carbocycles. The van der Waals surface area contributed by atoms with Crippen LogP contribution in [0, 0.1) is 5.82 Å². The number of H-pyrrole nitrogens is 1. The zero-order chi connectivity index (χ0) is 21.4. The molecule has 5 rings (SSSR count). The lowest BCUT2D eigenvalue weighted by atomic mass is 9.91. The Kier molecular flexibility index (Phi) is 5.20. The zero-order valence-electron chi connectivity index (χ0n) is 16.8. The molecule has 1 atom stereocenters. The highest BCUT2D eigenvalue weighted by molar-refractivity contribution is 6.31. The van der Waals surface area contributed by atoms with E-state index in [-0.39, 0.29) is 5.91 Å². The molecule has 0 unspecified atom stereocenters. The maximum absolute atomic E-state index is 15.0. The van der Waals surface area contributed by atoms with Crippen LogP contribution in [-0.4, -0.2) is 27.3 Å². The molecule has 0 radical (unpaired) electrons. The van der Waals surface area contributed by atoms with Crippen molar-refractivity contribution < 1.29 is 9.18 Å². The first-order valence-electron chi connectivity index (χ1n) is 10.4. The lowest BCUT2D eigenvalue weighted by Gasteiger charge is -2.37. The Morgan fingerprint density at radius 3 is 2.77 bits per heavy atom. The Morgan fingerprint density at radius 2 is 1.97 bits per heavy atom. The van der Waals surface area contributed by atoms with Crippen LogP contribution >= 0.6 is 11.6 Å². The topological polar surface area (TPSA) is 49.0 Å². The summed E-state index contributed by atoms with van der Waals surface area (Å²) in [5.74, 6) is -0.453.